The number of hydrogen-bond donors (Lipinski definition) is 2. The Labute approximate surface area is 132 Å². The Bertz CT molecular complexity index is 526. The van der Waals surface area contributed by atoms with Gasteiger partial charge in [0.15, 0.2) is 0 Å². The summed E-state index contributed by atoms with van der Waals surface area (Å²) in [6.07, 6.45) is -3.56. The van der Waals surface area contributed by atoms with Crippen LogP contribution in [0.25, 0.3) is 0 Å². The maximum atomic E-state index is 12.3. The lowest BCUT2D eigenvalue weighted by molar-refractivity contribution is -0.274. The average Bonchev–Trinajstić information content (AvgIpc) is 2.53. The number of methoxy groups -OCH3 is 1. The smallest absolute Gasteiger partial charge is 0.406 e. The summed E-state index contributed by atoms with van der Waals surface area (Å²) in [5.41, 5.74) is -0.169. The van der Waals surface area contributed by atoms with E-state index in [2.05, 4.69) is 15.4 Å². The second-order valence-corrected chi connectivity index (χ2v) is 5.32. The molecule has 1 fully saturated rings. The van der Waals surface area contributed by atoms with Crippen LogP contribution in [0.2, 0.25) is 0 Å². The van der Waals surface area contributed by atoms with Gasteiger partial charge in [-0.15, -0.1) is 13.2 Å². The van der Waals surface area contributed by atoms with Gasteiger partial charge in [0.1, 0.15) is 11.4 Å². The highest BCUT2D eigenvalue weighted by Crippen LogP contribution is 2.24. The molecule has 2 rings (SSSR count). The molecule has 0 radical (unpaired) electrons. The highest BCUT2D eigenvalue weighted by Gasteiger charge is 2.39. The number of alkyl halides is 3. The minimum Gasteiger partial charge on any atom is -0.406 e. The number of amides is 1. The fourth-order valence-corrected chi connectivity index (χ4v) is 2.51. The number of carbonyl (C=O) groups excluding carboxylic acids is 1. The molecule has 0 atom stereocenters. The Balaban J connectivity index is 1.91. The third-order valence-electron chi connectivity index (χ3n) is 3.83. The molecule has 0 spiro atoms. The number of benzene rings is 1. The van der Waals surface area contributed by atoms with E-state index < -0.39 is 12.0 Å². The van der Waals surface area contributed by atoms with Crippen molar-refractivity contribution in [1.82, 2.24) is 10.6 Å². The molecule has 5 nitrogen and oxygen atoms in total. The van der Waals surface area contributed by atoms with Crippen molar-refractivity contribution >= 4 is 5.91 Å². The third-order valence-corrected chi connectivity index (χ3v) is 3.83. The van der Waals surface area contributed by atoms with Gasteiger partial charge in [-0.2, -0.15) is 0 Å². The van der Waals surface area contributed by atoms with Gasteiger partial charge in [0.25, 0.3) is 5.91 Å². The van der Waals surface area contributed by atoms with E-state index in [4.69, 9.17) is 4.74 Å². The van der Waals surface area contributed by atoms with E-state index in [9.17, 15) is 18.0 Å². The van der Waals surface area contributed by atoms with Crippen LogP contribution >= 0.6 is 0 Å². The Morgan fingerprint density at radius 3 is 2.39 bits per heavy atom. The van der Waals surface area contributed by atoms with Crippen LogP contribution < -0.4 is 15.4 Å². The monoisotopic (exact) mass is 332 g/mol. The molecule has 1 saturated heterocycles. The number of carbonyl (C=O) groups is 1. The maximum absolute atomic E-state index is 12.3. The van der Waals surface area contributed by atoms with E-state index in [-0.39, 0.29) is 18.2 Å². The van der Waals surface area contributed by atoms with Crippen LogP contribution in [0.5, 0.6) is 5.75 Å². The molecular formula is C15H19F3N2O3. The van der Waals surface area contributed by atoms with Gasteiger partial charge in [0.2, 0.25) is 0 Å². The molecule has 0 aliphatic carbocycles. The van der Waals surface area contributed by atoms with Gasteiger partial charge >= 0.3 is 6.36 Å². The zero-order chi connectivity index (χ0) is 16.9. The largest absolute Gasteiger partial charge is 0.573 e. The van der Waals surface area contributed by atoms with Crippen molar-refractivity contribution in [3.05, 3.63) is 29.8 Å². The molecule has 1 amide bonds. The summed E-state index contributed by atoms with van der Waals surface area (Å²) in [5, 5.41) is 5.93. The number of hydrogen-bond acceptors (Lipinski definition) is 4. The van der Waals surface area contributed by atoms with Crippen LogP contribution in [-0.2, 0) is 16.1 Å². The first-order valence-corrected chi connectivity index (χ1v) is 7.23. The van der Waals surface area contributed by atoms with Crippen LogP contribution in [0.4, 0.5) is 13.2 Å². The number of nitrogens with one attached hydrogen (secondary N) is 2. The summed E-state index contributed by atoms with van der Waals surface area (Å²) >= 11 is 0. The molecule has 1 heterocycles. The fourth-order valence-electron chi connectivity index (χ4n) is 2.51. The fraction of sp³-hybridized carbons (Fsp3) is 0.533. The van der Waals surface area contributed by atoms with E-state index >= 15 is 0 Å². The summed E-state index contributed by atoms with van der Waals surface area (Å²) in [4.78, 5) is 12.3. The standard InChI is InChI=1S/C15H19F3N2O3/c1-22-14(6-8-19-9-7-14)13(21)20-10-11-2-4-12(5-3-11)23-15(16,17)18/h2-5,19H,6-10H2,1H3,(H,20,21). The Morgan fingerprint density at radius 1 is 1.26 bits per heavy atom. The molecule has 23 heavy (non-hydrogen) atoms. The predicted octanol–water partition coefficient (Wildman–Crippen LogP) is 1.97. The predicted molar refractivity (Wildman–Crippen MR) is 76.8 cm³/mol. The molecule has 0 unspecified atom stereocenters. The van der Waals surface area contributed by atoms with Gasteiger partial charge < -0.3 is 20.1 Å². The van der Waals surface area contributed by atoms with Crippen LogP contribution in [0, 0.1) is 0 Å². The molecule has 0 aromatic heterocycles. The average molecular weight is 332 g/mol. The number of ether oxygens (including phenoxy) is 2. The lowest BCUT2D eigenvalue weighted by atomic mass is 9.91. The van der Waals surface area contributed by atoms with Gasteiger partial charge in [0, 0.05) is 13.7 Å². The summed E-state index contributed by atoms with van der Waals surface area (Å²) in [7, 11) is 1.51. The Morgan fingerprint density at radius 2 is 1.87 bits per heavy atom. The molecule has 1 aromatic carbocycles. The molecule has 1 aromatic rings. The van der Waals surface area contributed by atoms with Crippen LogP contribution in [0.1, 0.15) is 18.4 Å². The Hall–Kier alpha value is -1.80. The lowest BCUT2D eigenvalue weighted by Crippen LogP contribution is -2.53. The summed E-state index contributed by atoms with van der Waals surface area (Å²) in [6, 6.07) is 5.38. The molecule has 2 N–H and O–H groups in total. The molecule has 1 aliphatic rings. The van der Waals surface area contributed by atoms with Gasteiger partial charge in [-0.1, -0.05) is 12.1 Å². The highest BCUT2D eigenvalue weighted by atomic mass is 19.4. The zero-order valence-corrected chi connectivity index (χ0v) is 12.7. The quantitative estimate of drug-likeness (QED) is 0.866. The topological polar surface area (TPSA) is 59.6 Å². The van der Waals surface area contributed by atoms with Crippen molar-refractivity contribution in [2.45, 2.75) is 31.3 Å². The molecular weight excluding hydrogens is 313 g/mol. The molecule has 8 heteroatoms. The molecule has 0 saturated carbocycles. The minimum absolute atomic E-state index is 0.211. The van der Waals surface area contributed by atoms with Crippen molar-refractivity contribution in [3.63, 3.8) is 0 Å². The molecule has 1 aliphatic heterocycles. The highest BCUT2D eigenvalue weighted by molar-refractivity contribution is 5.85. The summed E-state index contributed by atoms with van der Waals surface area (Å²) in [6.45, 7) is 1.61. The SMILES string of the molecule is COC1(C(=O)NCc2ccc(OC(F)(F)F)cc2)CCNCC1. The van der Waals surface area contributed by atoms with Crippen molar-refractivity contribution in [1.29, 1.82) is 0 Å². The van der Waals surface area contributed by atoms with Crippen LogP contribution in [0.15, 0.2) is 24.3 Å². The lowest BCUT2D eigenvalue weighted by Gasteiger charge is -2.34. The van der Waals surface area contributed by atoms with Gasteiger partial charge in [-0.3, -0.25) is 4.79 Å². The van der Waals surface area contributed by atoms with Crippen LogP contribution in [0.3, 0.4) is 0 Å². The van der Waals surface area contributed by atoms with E-state index in [0.717, 1.165) is 0 Å². The number of halogens is 3. The van der Waals surface area contributed by atoms with Crippen molar-refractivity contribution in [3.8, 4) is 5.75 Å². The second kappa shape index (κ2) is 7.18. The van der Waals surface area contributed by atoms with E-state index in [1.165, 1.54) is 31.4 Å². The van der Waals surface area contributed by atoms with Crippen molar-refractivity contribution < 1.29 is 27.4 Å². The maximum Gasteiger partial charge on any atom is 0.573 e. The summed E-state index contributed by atoms with van der Waals surface area (Å²) < 4.78 is 45.5. The van der Waals surface area contributed by atoms with E-state index in [1.54, 1.807) is 0 Å². The third kappa shape index (κ3) is 4.84. The number of rotatable bonds is 5. The molecule has 128 valence electrons. The van der Waals surface area contributed by atoms with E-state index in [0.29, 0.717) is 31.5 Å². The van der Waals surface area contributed by atoms with Crippen LogP contribution in [-0.4, -0.2) is 38.1 Å². The summed E-state index contributed by atoms with van der Waals surface area (Å²) in [5.74, 6) is -0.503. The first kappa shape index (κ1) is 17.6. The van der Waals surface area contributed by atoms with Gasteiger partial charge in [0.05, 0.1) is 0 Å². The zero-order valence-electron chi connectivity index (χ0n) is 12.7. The number of piperidine rings is 1. The van der Waals surface area contributed by atoms with E-state index in [1.807, 2.05) is 0 Å². The minimum atomic E-state index is -4.71. The molecule has 0 bridgehead atoms. The normalized spacial score (nSPS) is 17.6. The van der Waals surface area contributed by atoms with Gasteiger partial charge in [-0.25, -0.2) is 0 Å². The second-order valence-electron chi connectivity index (χ2n) is 5.32. The van der Waals surface area contributed by atoms with Crippen molar-refractivity contribution in [2.24, 2.45) is 0 Å². The first-order chi connectivity index (χ1) is 10.8. The van der Waals surface area contributed by atoms with Gasteiger partial charge in [-0.05, 0) is 43.6 Å². The van der Waals surface area contributed by atoms with Crippen molar-refractivity contribution in [2.75, 3.05) is 20.2 Å². The Kier molecular flexibility index (Phi) is 5.48. The first-order valence-electron chi connectivity index (χ1n) is 7.23.